The molecule has 0 fully saturated rings. The van der Waals surface area contributed by atoms with E-state index in [0.29, 0.717) is 29.2 Å². The Morgan fingerprint density at radius 3 is 2.81 bits per heavy atom. The van der Waals surface area contributed by atoms with Crippen molar-refractivity contribution in [3.63, 3.8) is 0 Å². The zero-order valence-electron chi connectivity index (χ0n) is 9.42. The molecule has 0 atom stereocenters. The van der Waals surface area contributed by atoms with Gasteiger partial charge in [-0.05, 0) is 31.2 Å². The Morgan fingerprint density at radius 1 is 1.44 bits per heavy atom. The number of ketones is 1. The summed E-state index contributed by atoms with van der Waals surface area (Å²) < 4.78 is 0. The first-order valence-electron chi connectivity index (χ1n) is 5.44. The van der Waals surface area contributed by atoms with Crippen LogP contribution in [0.5, 0.6) is 0 Å². The number of Topliss-reactive ketones (excluding diaryl/α,β-unsaturated/α-hetero) is 1. The van der Waals surface area contributed by atoms with Gasteiger partial charge in [0, 0.05) is 18.5 Å². The summed E-state index contributed by atoms with van der Waals surface area (Å²) in [6, 6.07) is 4.99. The summed E-state index contributed by atoms with van der Waals surface area (Å²) in [5.41, 5.74) is 6.71. The van der Waals surface area contributed by atoms with Gasteiger partial charge in [0.1, 0.15) is 0 Å². The molecule has 0 saturated carbocycles. The highest BCUT2D eigenvalue weighted by atomic mass is 35.5. The number of carbonyl (C=O) groups is 1. The molecule has 0 aliphatic carbocycles. The molecule has 16 heavy (non-hydrogen) atoms. The average Bonchev–Trinajstić information content (AvgIpc) is 2.28. The fourth-order valence-electron chi connectivity index (χ4n) is 1.37. The Balaban J connectivity index is 2.50. The summed E-state index contributed by atoms with van der Waals surface area (Å²) in [4.78, 5) is 11.7. The third-order valence-corrected chi connectivity index (χ3v) is 2.62. The molecule has 0 unspecified atom stereocenters. The van der Waals surface area contributed by atoms with Crippen LogP contribution in [0.25, 0.3) is 0 Å². The second-order valence-electron chi connectivity index (χ2n) is 3.66. The molecular formula is C12H17ClN2O. The fourth-order valence-corrected chi connectivity index (χ4v) is 1.48. The summed E-state index contributed by atoms with van der Waals surface area (Å²) in [6.07, 6.45) is 1.56. The van der Waals surface area contributed by atoms with Crippen LogP contribution in [-0.4, -0.2) is 18.9 Å². The van der Waals surface area contributed by atoms with E-state index >= 15 is 0 Å². The van der Waals surface area contributed by atoms with Gasteiger partial charge in [-0.3, -0.25) is 4.79 Å². The number of anilines is 1. The Labute approximate surface area is 101 Å². The summed E-state index contributed by atoms with van der Waals surface area (Å²) in [7, 11) is 0. The van der Waals surface area contributed by atoms with E-state index in [-0.39, 0.29) is 5.78 Å². The molecule has 0 aromatic heterocycles. The van der Waals surface area contributed by atoms with Crippen LogP contribution in [0.15, 0.2) is 18.2 Å². The molecule has 4 heteroatoms. The lowest BCUT2D eigenvalue weighted by Crippen LogP contribution is -2.19. The van der Waals surface area contributed by atoms with E-state index in [2.05, 4.69) is 12.2 Å². The first-order valence-corrected chi connectivity index (χ1v) is 5.82. The molecule has 0 bridgehead atoms. The largest absolute Gasteiger partial charge is 0.398 e. The van der Waals surface area contributed by atoms with Crippen LogP contribution in [0.2, 0.25) is 5.02 Å². The van der Waals surface area contributed by atoms with Crippen LogP contribution in [0.1, 0.15) is 30.1 Å². The zero-order chi connectivity index (χ0) is 12.0. The summed E-state index contributed by atoms with van der Waals surface area (Å²) in [5.74, 6) is 0.0898. The van der Waals surface area contributed by atoms with Gasteiger partial charge in [-0.15, -0.1) is 0 Å². The van der Waals surface area contributed by atoms with E-state index in [9.17, 15) is 4.79 Å². The van der Waals surface area contributed by atoms with Crippen molar-refractivity contribution in [3.05, 3.63) is 28.8 Å². The molecular weight excluding hydrogens is 224 g/mol. The maximum absolute atomic E-state index is 11.7. The predicted molar refractivity (Wildman–Crippen MR) is 68.0 cm³/mol. The highest BCUT2D eigenvalue weighted by Gasteiger charge is 2.06. The molecule has 3 N–H and O–H groups in total. The maximum Gasteiger partial charge on any atom is 0.164 e. The maximum atomic E-state index is 11.7. The highest BCUT2D eigenvalue weighted by Crippen LogP contribution is 2.20. The Hall–Kier alpha value is -1.06. The smallest absolute Gasteiger partial charge is 0.164 e. The third kappa shape index (κ3) is 3.83. The van der Waals surface area contributed by atoms with Crippen molar-refractivity contribution < 1.29 is 4.79 Å². The average molecular weight is 241 g/mol. The Morgan fingerprint density at radius 2 is 2.19 bits per heavy atom. The van der Waals surface area contributed by atoms with Crippen LogP contribution in [0.4, 0.5) is 5.69 Å². The lowest BCUT2D eigenvalue weighted by atomic mass is 10.1. The number of nitrogens with two attached hydrogens (primary N) is 1. The molecule has 1 aromatic rings. The number of carbonyl (C=O) groups excluding carboxylic acids is 1. The molecule has 0 heterocycles. The summed E-state index contributed by atoms with van der Waals surface area (Å²) in [5, 5.41) is 3.67. The van der Waals surface area contributed by atoms with Gasteiger partial charge in [-0.25, -0.2) is 0 Å². The van der Waals surface area contributed by atoms with E-state index in [1.165, 1.54) is 0 Å². The minimum Gasteiger partial charge on any atom is -0.398 e. The van der Waals surface area contributed by atoms with Crippen molar-refractivity contribution in [2.24, 2.45) is 0 Å². The quantitative estimate of drug-likeness (QED) is 0.456. The molecule has 3 nitrogen and oxygen atoms in total. The van der Waals surface area contributed by atoms with E-state index in [0.717, 1.165) is 13.0 Å². The first kappa shape index (κ1) is 13.0. The van der Waals surface area contributed by atoms with E-state index in [4.69, 9.17) is 17.3 Å². The molecule has 0 aliphatic rings. The van der Waals surface area contributed by atoms with Crippen LogP contribution >= 0.6 is 11.6 Å². The van der Waals surface area contributed by atoms with Crippen molar-refractivity contribution in [2.75, 3.05) is 18.8 Å². The van der Waals surface area contributed by atoms with Crippen molar-refractivity contribution in [3.8, 4) is 0 Å². The lowest BCUT2D eigenvalue weighted by molar-refractivity contribution is 0.0982. The molecule has 0 radical (unpaired) electrons. The lowest BCUT2D eigenvalue weighted by Gasteiger charge is -2.04. The Bertz CT molecular complexity index is 366. The van der Waals surface area contributed by atoms with Crippen molar-refractivity contribution in [2.45, 2.75) is 19.8 Å². The zero-order valence-corrected chi connectivity index (χ0v) is 10.2. The van der Waals surface area contributed by atoms with Gasteiger partial charge >= 0.3 is 0 Å². The first-order chi connectivity index (χ1) is 7.65. The number of hydrogen-bond donors (Lipinski definition) is 2. The van der Waals surface area contributed by atoms with Gasteiger partial charge in [0.05, 0.1) is 10.7 Å². The van der Waals surface area contributed by atoms with Gasteiger partial charge in [-0.1, -0.05) is 18.5 Å². The van der Waals surface area contributed by atoms with Crippen LogP contribution in [-0.2, 0) is 0 Å². The minimum atomic E-state index is 0.0898. The third-order valence-electron chi connectivity index (χ3n) is 2.27. The number of rotatable bonds is 6. The second-order valence-corrected chi connectivity index (χ2v) is 4.07. The minimum absolute atomic E-state index is 0.0898. The van der Waals surface area contributed by atoms with E-state index in [1.807, 2.05) is 0 Å². The van der Waals surface area contributed by atoms with Gasteiger partial charge < -0.3 is 11.1 Å². The molecule has 0 saturated heterocycles. The summed E-state index contributed by atoms with van der Waals surface area (Å²) in [6.45, 7) is 3.74. The van der Waals surface area contributed by atoms with Gasteiger partial charge in [0.15, 0.2) is 5.78 Å². The van der Waals surface area contributed by atoms with Crippen LogP contribution in [0.3, 0.4) is 0 Å². The van der Waals surface area contributed by atoms with Crippen molar-refractivity contribution >= 4 is 23.1 Å². The van der Waals surface area contributed by atoms with Gasteiger partial charge in [-0.2, -0.15) is 0 Å². The SMILES string of the molecule is CCCNCCC(=O)c1ccc(Cl)c(N)c1. The van der Waals surface area contributed by atoms with E-state index in [1.54, 1.807) is 18.2 Å². The fraction of sp³-hybridized carbons (Fsp3) is 0.417. The van der Waals surface area contributed by atoms with Crippen LogP contribution in [0, 0.1) is 0 Å². The standard InChI is InChI=1S/C12H17ClN2O/c1-2-6-15-7-5-12(16)9-3-4-10(13)11(14)8-9/h3-4,8,15H,2,5-7,14H2,1H3. The molecule has 88 valence electrons. The molecule has 1 aromatic carbocycles. The summed E-state index contributed by atoms with van der Waals surface area (Å²) >= 11 is 5.78. The predicted octanol–water partition coefficient (Wildman–Crippen LogP) is 2.49. The Kier molecular flexibility index (Phi) is 5.29. The monoisotopic (exact) mass is 240 g/mol. The van der Waals surface area contributed by atoms with Crippen molar-refractivity contribution in [1.29, 1.82) is 0 Å². The number of halogens is 1. The van der Waals surface area contributed by atoms with Crippen LogP contribution < -0.4 is 11.1 Å². The highest BCUT2D eigenvalue weighted by molar-refractivity contribution is 6.33. The van der Waals surface area contributed by atoms with Gasteiger partial charge in [0.2, 0.25) is 0 Å². The second kappa shape index (κ2) is 6.51. The topological polar surface area (TPSA) is 55.1 Å². The van der Waals surface area contributed by atoms with E-state index < -0.39 is 0 Å². The van der Waals surface area contributed by atoms with Crippen molar-refractivity contribution in [1.82, 2.24) is 5.32 Å². The molecule has 0 aliphatic heterocycles. The normalized spacial score (nSPS) is 10.4. The molecule has 0 amide bonds. The number of nitrogens with one attached hydrogen (secondary N) is 1. The van der Waals surface area contributed by atoms with Gasteiger partial charge in [0.25, 0.3) is 0 Å². The molecule has 0 spiro atoms. The number of nitrogen functional groups attached to an aromatic ring is 1. The number of hydrogen-bond acceptors (Lipinski definition) is 3. The number of benzene rings is 1. The molecule has 1 rings (SSSR count).